The molecule has 0 spiro atoms. The van der Waals surface area contributed by atoms with Gasteiger partial charge in [-0.25, -0.2) is 0 Å². The Morgan fingerprint density at radius 1 is 2.00 bits per heavy atom. The van der Waals surface area contributed by atoms with Gasteiger partial charge in [-0.1, -0.05) is 0 Å². The Morgan fingerprint density at radius 3 is 3.38 bits per heavy atom. The number of methoxy groups -OCH3 is 1. The van der Waals surface area contributed by atoms with Gasteiger partial charge in [0.25, 0.3) is 0 Å². The Bertz CT molecular complexity index is 87.1. The van der Waals surface area contributed by atoms with E-state index in [1.54, 1.807) is 12.4 Å². The molecule has 48 valence electrons. The Morgan fingerprint density at radius 2 is 2.88 bits per heavy atom. The minimum atomic E-state index is 0.604. The van der Waals surface area contributed by atoms with Crippen LogP contribution in [0.15, 0.2) is 0 Å². The quantitative estimate of drug-likeness (QED) is 0.558. The van der Waals surface area contributed by atoms with Crippen molar-refractivity contribution in [3.05, 3.63) is 0 Å². The number of hydrogen-bond acceptors (Lipinski definition) is 2. The molecule has 0 aliphatic carbocycles. The lowest BCUT2D eigenvalue weighted by atomic mass is 10.1. The van der Waals surface area contributed by atoms with Gasteiger partial charge in [-0.3, -0.25) is 0 Å². The highest BCUT2D eigenvalue weighted by molar-refractivity contribution is 4.69. The van der Waals surface area contributed by atoms with E-state index in [9.17, 15) is 0 Å². The van der Waals surface area contributed by atoms with Crippen LogP contribution in [-0.4, -0.2) is 26.8 Å². The van der Waals surface area contributed by atoms with Crippen LogP contribution in [0.1, 0.15) is 6.42 Å². The van der Waals surface area contributed by atoms with E-state index >= 15 is 0 Å². The molecule has 1 aliphatic rings. The first-order chi connectivity index (χ1) is 4.33. The summed E-state index contributed by atoms with van der Waals surface area (Å²) in [7, 11) is 1.71. The van der Waals surface area contributed by atoms with Crippen molar-refractivity contribution in [1.29, 1.82) is 0 Å². The molecule has 1 heterocycles. The minimum absolute atomic E-state index is 0.604. The zero-order chi connectivity index (χ0) is 6.69. The van der Waals surface area contributed by atoms with Crippen LogP contribution in [0.2, 0.25) is 1.41 Å². The average Bonchev–Trinajstić information content (AvgIpc) is 2.17. The fourth-order valence-electron chi connectivity index (χ4n) is 1.01. The van der Waals surface area contributed by atoms with Crippen LogP contribution in [0.4, 0.5) is 0 Å². The topological polar surface area (TPSA) is 21.3 Å². The second-order valence-electron chi connectivity index (χ2n) is 2.24. The highest BCUT2D eigenvalue weighted by Crippen LogP contribution is 2.05. The van der Waals surface area contributed by atoms with Crippen molar-refractivity contribution in [2.75, 3.05) is 26.8 Å². The molecule has 0 saturated carbocycles. The summed E-state index contributed by atoms with van der Waals surface area (Å²) >= 11 is 0. The first kappa shape index (κ1) is 4.77. The minimum Gasteiger partial charge on any atom is -0.384 e. The second kappa shape index (κ2) is 3.05. The summed E-state index contributed by atoms with van der Waals surface area (Å²) in [5.41, 5.74) is 0. The molecule has 1 aliphatic heterocycles. The van der Waals surface area contributed by atoms with E-state index in [0.29, 0.717) is 5.92 Å². The Kier molecular flexibility index (Phi) is 1.82. The van der Waals surface area contributed by atoms with Gasteiger partial charge in [0.1, 0.15) is 1.41 Å². The predicted octanol–water partition coefficient (Wildman–Crippen LogP) is 0.242. The number of nitrogens with one attached hydrogen (secondary N) is 1. The molecule has 2 heteroatoms. The van der Waals surface area contributed by atoms with Gasteiger partial charge in [-0.05, 0) is 18.9 Å². The lowest BCUT2D eigenvalue weighted by Crippen LogP contribution is -2.12. The van der Waals surface area contributed by atoms with Gasteiger partial charge >= 0.3 is 0 Å². The molecule has 1 N–H and O–H groups in total. The van der Waals surface area contributed by atoms with Gasteiger partial charge in [0, 0.05) is 13.7 Å². The van der Waals surface area contributed by atoms with Gasteiger partial charge in [0.15, 0.2) is 0 Å². The molecular weight excluding hydrogens is 102 g/mol. The maximum atomic E-state index is 7.22. The van der Waals surface area contributed by atoms with Crippen LogP contribution >= 0.6 is 0 Å². The molecule has 8 heavy (non-hydrogen) atoms. The fraction of sp³-hybridized carbons (Fsp3) is 1.00. The second-order valence-corrected chi connectivity index (χ2v) is 2.24. The van der Waals surface area contributed by atoms with E-state index in [1.807, 2.05) is 0 Å². The van der Waals surface area contributed by atoms with Crippen LogP contribution in [0, 0.1) is 5.92 Å². The summed E-state index contributed by atoms with van der Waals surface area (Å²) in [5.74, 6) is 0.604. The third kappa shape index (κ3) is 1.46. The highest BCUT2D eigenvalue weighted by atomic mass is 16.5. The summed E-state index contributed by atoms with van der Waals surface area (Å²) in [4.78, 5) is 0. The summed E-state index contributed by atoms with van der Waals surface area (Å²) in [6.45, 7) is 2.61. The van der Waals surface area contributed by atoms with E-state index < -0.39 is 0 Å². The van der Waals surface area contributed by atoms with Crippen LogP contribution in [0.5, 0.6) is 0 Å². The van der Waals surface area contributed by atoms with E-state index in [2.05, 4.69) is 0 Å². The average molecular weight is 116 g/mol. The molecule has 0 amide bonds. The lowest BCUT2D eigenvalue weighted by molar-refractivity contribution is 0.160. The predicted molar refractivity (Wildman–Crippen MR) is 32.9 cm³/mol. The van der Waals surface area contributed by atoms with Gasteiger partial charge in [-0.15, -0.1) is 0 Å². The maximum Gasteiger partial charge on any atom is 0.122 e. The van der Waals surface area contributed by atoms with E-state index in [1.165, 1.54) is 0 Å². The van der Waals surface area contributed by atoms with Crippen molar-refractivity contribution in [3.63, 3.8) is 0 Å². The molecule has 1 fully saturated rings. The molecule has 0 bridgehead atoms. The first-order valence-electron chi connectivity index (χ1n) is 3.50. The van der Waals surface area contributed by atoms with Crippen LogP contribution < -0.4 is 5.31 Å². The molecule has 1 unspecified atom stereocenters. The normalized spacial score (nSPS) is 33.1. The van der Waals surface area contributed by atoms with Gasteiger partial charge < -0.3 is 10.0 Å². The Labute approximate surface area is 51.7 Å². The third-order valence-electron chi connectivity index (χ3n) is 1.49. The van der Waals surface area contributed by atoms with Crippen molar-refractivity contribution in [3.8, 4) is 0 Å². The Balaban J connectivity index is 2.14. The van der Waals surface area contributed by atoms with Gasteiger partial charge in [0.05, 0.1) is 6.61 Å². The lowest BCUT2D eigenvalue weighted by Gasteiger charge is -2.03. The van der Waals surface area contributed by atoms with Crippen molar-refractivity contribution in [1.82, 2.24) is 5.31 Å². The first-order valence-corrected chi connectivity index (χ1v) is 3.05. The number of ether oxygens (including phenoxy) is 1. The summed E-state index contributed by atoms with van der Waals surface area (Å²) < 4.78 is 12.2. The van der Waals surface area contributed by atoms with E-state index in [0.717, 1.165) is 26.1 Å². The van der Waals surface area contributed by atoms with Crippen molar-refractivity contribution in [2.24, 2.45) is 5.92 Å². The maximum absolute atomic E-state index is 7.22. The molecule has 1 saturated heterocycles. The standard InChI is InChI=1S/C6H13NO/c1-8-5-6-2-3-7-4-6/h6-7H,2-5H2,1H3/i/hD. The van der Waals surface area contributed by atoms with Gasteiger partial charge in [-0.2, -0.15) is 0 Å². The zero-order valence-electron chi connectivity index (χ0n) is 6.26. The molecule has 0 radical (unpaired) electrons. The number of hydrogen-bond donors (Lipinski definition) is 1. The van der Waals surface area contributed by atoms with Crippen molar-refractivity contribution >= 4 is 0 Å². The molecular formula is C6H13NO. The third-order valence-corrected chi connectivity index (χ3v) is 1.49. The zero-order valence-corrected chi connectivity index (χ0v) is 5.26. The molecule has 1 atom stereocenters. The van der Waals surface area contributed by atoms with Crippen LogP contribution in [-0.2, 0) is 4.74 Å². The largest absolute Gasteiger partial charge is 0.384 e. The molecule has 0 aromatic heterocycles. The van der Waals surface area contributed by atoms with Crippen LogP contribution in [0.25, 0.3) is 0 Å². The summed E-state index contributed by atoms with van der Waals surface area (Å²) in [6.07, 6.45) is 1.12. The molecule has 0 aromatic rings. The SMILES string of the molecule is [2H]N1CCC(COC)C1. The van der Waals surface area contributed by atoms with Crippen molar-refractivity contribution < 1.29 is 6.15 Å². The van der Waals surface area contributed by atoms with E-state index in [4.69, 9.17) is 6.15 Å². The monoisotopic (exact) mass is 116 g/mol. The van der Waals surface area contributed by atoms with Gasteiger partial charge in [0.2, 0.25) is 0 Å². The smallest absolute Gasteiger partial charge is 0.122 e. The van der Waals surface area contributed by atoms with E-state index in [-0.39, 0.29) is 0 Å². The molecule has 0 aromatic carbocycles. The summed E-state index contributed by atoms with van der Waals surface area (Å²) in [5, 5.41) is 1.60. The van der Waals surface area contributed by atoms with Crippen LogP contribution in [0.3, 0.4) is 0 Å². The molecule has 1 rings (SSSR count). The fourth-order valence-corrected chi connectivity index (χ4v) is 1.01. The number of rotatable bonds is 2. The Hall–Kier alpha value is -0.0800. The van der Waals surface area contributed by atoms with Crippen molar-refractivity contribution in [2.45, 2.75) is 6.42 Å². The highest BCUT2D eigenvalue weighted by Gasteiger charge is 2.12. The molecule has 2 nitrogen and oxygen atoms in total. The summed E-state index contributed by atoms with van der Waals surface area (Å²) in [6, 6.07) is 0.